The van der Waals surface area contributed by atoms with E-state index in [-0.39, 0.29) is 0 Å². The van der Waals surface area contributed by atoms with Gasteiger partial charge in [0.05, 0.1) is 39.6 Å². The van der Waals surface area contributed by atoms with Gasteiger partial charge in [0.25, 0.3) is 0 Å². The van der Waals surface area contributed by atoms with Crippen LogP contribution in [0.4, 0.5) is 0 Å². The molecule has 0 atom stereocenters. The van der Waals surface area contributed by atoms with Crippen molar-refractivity contribution >= 4 is 8.07 Å². The van der Waals surface area contributed by atoms with Crippen molar-refractivity contribution in [3.05, 3.63) is 0 Å². The van der Waals surface area contributed by atoms with Crippen LogP contribution in [0.5, 0.6) is 0 Å². The van der Waals surface area contributed by atoms with Crippen LogP contribution < -0.4 is 0 Å². The van der Waals surface area contributed by atoms with Crippen molar-refractivity contribution in [2.75, 3.05) is 67.1 Å². The molecule has 0 aliphatic heterocycles. The lowest BCUT2D eigenvalue weighted by atomic mass is 10.5. The summed E-state index contributed by atoms with van der Waals surface area (Å²) in [6.45, 7) is 10.6. The minimum absolute atomic E-state index is 0.645. The van der Waals surface area contributed by atoms with E-state index in [4.69, 9.17) is 23.7 Å². The maximum atomic E-state index is 5.60. The molecule has 0 unspecified atom stereocenters. The first kappa shape index (κ1) is 22.0. The van der Waals surface area contributed by atoms with E-state index in [1.807, 2.05) is 0 Å². The highest BCUT2D eigenvalue weighted by Crippen LogP contribution is 2.19. The molecular weight excluding hydrogens is 300 g/mol. The average Bonchev–Trinajstić information content (AvgIpc) is 2.49. The molecule has 22 heavy (non-hydrogen) atoms. The molecular formula is C16H36O5Si. The second-order valence-electron chi connectivity index (χ2n) is 6.19. The molecule has 6 heteroatoms. The summed E-state index contributed by atoms with van der Waals surface area (Å²) < 4.78 is 26.3. The van der Waals surface area contributed by atoms with Crippen molar-refractivity contribution < 1.29 is 23.7 Å². The van der Waals surface area contributed by atoms with Gasteiger partial charge in [-0.3, -0.25) is 0 Å². The summed E-state index contributed by atoms with van der Waals surface area (Å²) in [6, 6.07) is 2.63. The molecule has 0 saturated carbocycles. The highest BCUT2D eigenvalue weighted by atomic mass is 28.3. The predicted octanol–water partition coefficient (Wildman–Crippen LogP) is 2.82. The summed E-state index contributed by atoms with van der Waals surface area (Å²) in [4.78, 5) is 0. The van der Waals surface area contributed by atoms with Crippen molar-refractivity contribution in [3.63, 3.8) is 0 Å². The van der Waals surface area contributed by atoms with Crippen LogP contribution in [0.15, 0.2) is 0 Å². The van der Waals surface area contributed by atoms with Crippen LogP contribution in [-0.4, -0.2) is 75.1 Å². The van der Waals surface area contributed by atoms with Crippen LogP contribution in [0.1, 0.15) is 12.8 Å². The van der Waals surface area contributed by atoms with Gasteiger partial charge in [0.2, 0.25) is 0 Å². The van der Waals surface area contributed by atoms with Crippen LogP contribution >= 0.6 is 0 Å². The van der Waals surface area contributed by atoms with E-state index in [1.165, 1.54) is 12.1 Å². The summed E-state index contributed by atoms with van der Waals surface area (Å²) in [7, 11) is 2.28. The number of hydrogen-bond acceptors (Lipinski definition) is 5. The van der Waals surface area contributed by atoms with Crippen molar-refractivity contribution in [2.24, 2.45) is 0 Å². The van der Waals surface area contributed by atoms with Crippen LogP contribution in [0, 0.1) is 0 Å². The summed E-state index contributed by atoms with van der Waals surface area (Å²) in [5, 5.41) is 0. The van der Waals surface area contributed by atoms with Gasteiger partial charge in [-0.05, 0) is 12.8 Å². The lowest BCUT2D eigenvalue weighted by Crippen LogP contribution is -2.26. The normalized spacial score (nSPS) is 12.0. The molecule has 0 spiro atoms. The molecule has 0 aromatic rings. The number of rotatable bonds is 17. The third-order valence-corrected chi connectivity index (χ3v) is 6.93. The Morgan fingerprint density at radius 3 is 1.32 bits per heavy atom. The van der Waals surface area contributed by atoms with E-state index >= 15 is 0 Å². The summed E-state index contributed by atoms with van der Waals surface area (Å²) in [5.74, 6) is 0. The number of methoxy groups -OCH3 is 2. The van der Waals surface area contributed by atoms with Gasteiger partial charge in [0.15, 0.2) is 0 Å². The molecule has 5 nitrogen and oxygen atoms in total. The molecule has 0 rings (SSSR count). The highest BCUT2D eigenvalue weighted by molar-refractivity contribution is 6.77. The molecule has 0 N–H and O–H groups in total. The first-order valence-corrected chi connectivity index (χ1v) is 11.7. The minimum atomic E-state index is -1.10. The molecule has 0 fully saturated rings. The maximum Gasteiger partial charge on any atom is 0.0701 e. The Morgan fingerprint density at radius 2 is 0.909 bits per heavy atom. The molecule has 0 aliphatic rings. The largest absolute Gasteiger partial charge is 0.382 e. The molecule has 0 aliphatic carbocycles. The molecule has 0 aromatic carbocycles. The van der Waals surface area contributed by atoms with E-state index in [2.05, 4.69) is 13.1 Å². The monoisotopic (exact) mass is 336 g/mol. The maximum absolute atomic E-state index is 5.60. The number of hydrogen-bond donors (Lipinski definition) is 0. The minimum Gasteiger partial charge on any atom is -0.382 e. The quantitative estimate of drug-likeness (QED) is 0.302. The Bertz CT molecular complexity index is 227. The zero-order chi connectivity index (χ0) is 16.5. The first-order chi connectivity index (χ1) is 10.6. The second kappa shape index (κ2) is 15.9. The smallest absolute Gasteiger partial charge is 0.0701 e. The molecule has 134 valence electrons. The van der Waals surface area contributed by atoms with Gasteiger partial charge in [0, 0.05) is 35.5 Å². The van der Waals surface area contributed by atoms with Gasteiger partial charge in [-0.2, -0.15) is 0 Å². The van der Waals surface area contributed by atoms with Crippen LogP contribution in [0.3, 0.4) is 0 Å². The van der Waals surface area contributed by atoms with E-state index in [9.17, 15) is 0 Å². The Balaban J connectivity index is 3.32. The third kappa shape index (κ3) is 16.4. The van der Waals surface area contributed by atoms with Gasteiger partial charge in [0.1, 0.15) is 0 Å². The van der Waals surface area contributed by atoms with Gasteiger partial charge < -0.3 is 23.7 Å². The standard InChI is InChI=1S/C16H36O5Si/c1-17-9-11-19-7-5-15-22(3,4)16-6-8-20-13-14-21-12-10-18-2/h5-16H2,1-4H3. The van der Waals surface area contributed by atoms with Crippen molar-refractivity contribution in [3.8, 4) is 0 Å². The van der Waals surface area contributed by atoms with E-state index in [1.54, 1.807) is 14.2 Å². The molecule has 0 amide bonds. The Hall–Kier alpha value is 0.0169. The molecule has 0 bridgehead atoms. The fourth-order valence-electron chi connectivity index (χ4n) is 2.14. The predicted molar refractivity (Wildman–Crippen MR) is 92.5 cm³/mol. The van der Waals surface area contributed by atoms with E-state index < -0.39 is 8.07 Å². The lowest BCUT2D eigenvalue weighted by Gasteiger charge is -2.22. The van der Waals surface area contributed by atoms with Crippen molar-refractivity contribution in [1.29, 1.82) is 0 Å². The molecule has 0 aromatic heterocycles. The Labute approximate surface area is 137 Å². The SMILES string of the molecule is COCCOCCC[Si](C)(C)CCCOCCOCCOC. The van der Waals surface area contributed by atoms with Gasteiger partial charge in [-0.15, -0.1) is 0 Å². The third-order valence-electron chi connectivity index (χ3n) is 3.52. The molecule has 0 heterocycles. The first-order valence-electron chi connectivity index (χ1n) is 8.33. The lowest BCUT2D eigenvalue weighted by molar-refractivity contribution is 0.0249. The zero-order valence-electron chi connectivity index (χ0n) is 15.0. The van der Waals surface area contributed by atoms with E-state index in [0.717, 1.165) is 26.1 Å². The summed E-state index contributed by atoms with van der Waals surface area (Å²) in [6.07, 6.45) is 2.32. The average molecular weight is 337 g/mol. The van der Waals surface area contributed by atoms with Crippen molar-refractivity contribution in [1.82, 2.24) is 0 Å². The second-order valence-corrected chi connectivity index (χ2v) is 11.5. The van der Waals surface area contributed by atoms with Crippen LogP contribution in [-0.2, 0) is 23.7 Å². The van der Waals surface area contributed by atoms with Gasteiger partial charge >= 0.3 is 0 Å². The van der Waals surface area contributed by atoms with Crippen LogP contribution in [0.2, 0.25) is 25.2 Å². The fraction of sp³-hybridized carbons (Fsp3) is 1.00. The Kier molecular flexibility index (Phi) is 15.9. The topological polar surface area (TPSA) is 46.2 Å². The molecule has 0 saturated heterocycles. The number of ether oxygens (including phenoxy) is 5. The van der Waals surface area contributed by atoms with Gasteiger partial charge in [-0.1, -0.05) is 25.2 Å². The summed E-state index contributed by atoms with van der Waals surface area (Å²) >= 11 is 0. The fourth-order valence-corrected chi connectivity index (χ4v) is 4.59. The summed E-state index contributed by atoms with van der Waals surface area (Å²) in [5.41, 5.74) is 0. The van der Waals surface area contributed by atoms with E-state index in [0.29, 0.717) is 39.6 Å². The molecule has 0 radical (unpaired) electrons. The van der Waals surface area contributed by atoms with Crippen molar-refractivity contribution in [2.45, 2.75) is 38.0 Å². The van der Waals surface area contributed by atoms with Crippen LogP contribution in [0.25, 0.3) is 0 Å². The Morgan fingerprint density at radius 1 is 0.545 bits per heavy atom. The zero-order valence-corrected chi connectivity index (χ0v) is 16.0. The highest BCUT2D eigenvalue weighted by Gasteiger charge is 2.19. The van der Waals surface area contributed by atoms with Gasteiger partial charge in [-0.25, -0.2) is 0 Å².